The maximum absolute atomic E-state index is 6.27. The predicted octanol–water partition coefficient (Wildman–Crippen LogP) is 3.36. The van der Waals surface area contributed by atoms with Crippen molar-refractivity contribution in [2.24, 2.45) is 11.8 Å². The second-order valence-electron chi connectivity index (χ2n) is 6.05. The standard InChI is InChI=1S/C15H29NO/c1-4-16-14(13-6-7-13)15(17-5-2)10-8-12(3)9-11-15/h12-14,16H,4-11H2,1-3H3. The number of likely N-dealkylation sites (N-methyl/N-ethyl adjacent to an activating group) is 1. The average molecular weight is 239 g/mol. The van der Waals surface area contributed by atoms with Crippen LogP contribution in [0, 0.1) is 11.8 Å². The Bertz CT molecular complexity index is 229. The molecule has 2 saturated carbocycles. The van der Waals surface area contributed by atoms with Gasteiger partial charge in [0.05, 0.1) is 5.60 Å². The molecule has 0 heterocycles. The van der Waals surface area contributed by atoms with E-state index in [1.54, 1.807) is 0 Å². The summed E-state index contributed by atoms with van der Waals surface area (Å²) in [5.74, 6) is 1.78. The average Bonchev–Trinajstić information content (AvgIpc) is 3.14. The molecule has 0 spiro atoms. The Balaban J connectivity index is 2.07. The fraction of sp³-hybridized carbons (Fsp3) is 1.00. The highest BCUT2D eigenvalue weighted by Gasteiger charge is 2.48. The molecule has 0 radical (unpaired) electrons. The van der Waals surface area contributed by atoms with Gasteiger partial charge < -0.3 is 10.1 Å². The molecule has 2 rings (SSSR count). The first-order valence-corrected chi connectivity index (χ1v) is 7.59. The molecule has 0 bridgehead atoms. The van der Waals surface area contributed by atoms with Crippen LogP contribution >= 0.6 is 0 Å². The minimum atomic E-state index is 0.151. The van der Waals surface area contributed by atoms with Gasteiger partial charge in [0, 0.05) is 12.6 Å². The van der Waals surface area contributed by atoms with E-state index in [4.69, 9.17) is 4.74 Å². The number of hydrogen-bond donors (Lipinski definition) is 1. The van der Waals surface area contributed by atoms with E-state index in [1.165, 1.54) is 38.5 Å². The topological polar surface area (TPSA) is 21.3 Å². The largest absolute Gasteiger partial charge is 0.374 e. The van der Waals surface area contributed by atoms with E-state index < -0.39 is 0 Å². The van der Waals surface area contributed by atoms with E-state index in [0.717, 1.165) is 25.0 Å². The SMILES string of the molecule is CCNC(C1CC1)C1(OCC)CCC(C)CC1. The van der Waals surface area contributed by atoms with Crippen molar-refractivity contribution >= 4 is 0 Å². The third kappa shape index (κ3) is 3.03. The Morgan fingerprint density at radius 3 is 2.29 bits per heavy atom. The molecule has 0 amide bonds. The predicted molar refractivity (Wildman–Crippen MR) is 72.2 cm³/mol. The van der Waals surface area contributed by atoms with Crippen molar-refractivity contribution in [1.82, 2.24) is 5.32 Å². The van der Waals surface area contributed by atoms with Crippen molar-refractivity contribution < 1.29 is 4.74 Å². The van der Waals surface area contributed by atoms with Crippen molar-refractivity contribution in [3.63, 3.8) is 0 Å². The van der Waals surface area contributed by atoms with Crippen LogP contribution in [0.2, 0.25) is 0 Å². The maximum Gasteiger partial charge on any atom is 0.0837 e. The summed E-state index contributed by atoms with van der Waals surface area (Å²) in [6.45, 7) is 8.69. The van der Waals surface area contributed by atoms with Gasteiger partial charge in [-0.2, -0.15) is 0 Å². The Labute approximate surface area is 107 Å². The van der Waals surface area contributed by atoms with Crippen LogP contribution in [0.25, 0.3) is 0 Å². The number of hydrogen-bond acceptors (Lipinski definition) is 2. The van der Waals surface area contributed by atoms with Gasteiger partial charge in [-0.1, -0.05) is 13.8 Å². The van der Waals surface area contributed by atoms with Crippen molar-refractivity contribution in [2.45, 2.75) is 70.9 Å². The van der Waals surface area contributed by atoms with E-state index in [9.17, 15) is 0 Å². The van der Waals surface area contributed by atoms with Crippen molar-refractivity contribution in [3.8, 4) is 0 Å². The van der Waals surface area contributed by atoms with Gasteiger partial charge >= 0.3 is 0 Å². The fourth-order valence-electron chi connectivity index (χ4n) is 3.52. The van der Waals surface area contributed by atoms with Crippen LogP contribution in [-0.4, -0.2) is 24.8 Å². The molecule has 0 aromatic rings. The summed E-state index contributed by atoms with van der Waals surface area (Å²) >= 11 is 0. The molecule has 100 valence electrons. The molecule has 17 heavy (non-hydrogen) atoms. The molecule has 2 fully saturated rings. The molecule has 1 N–H and O–H groups in total. The third-order valence-electron chi connectivity index (χ3n) is 4.64. The van der Waals surface area contributed by atoms with Crippen LogP contribution in [-0.2, 0) is 4.74 Å². The molecule has 0 saturated heterocycles. The third-order valence-corrected chi connectivity index (χ3v) is 4.64. The van der Waals surface area contributed by atoms with E-state index in [1.807, 2.05) is 0 Å². The van der Waals surface area contributed by atoms with Gasteiger partial charge in [0.25, 0.3) is 0 Å². The lowest BCUT2D eigenvalue weighted by Gasteiger charge is -2.45. The quantitative estimate of drug-likeness (QED) is 0.767. The lowest BCUT2D eigenvalue weighted by atomic mass is 9.74. The first-order valence-electron chi connectivity index (χ1n) is 7.59. The van der Waals surface area contributed by atoms with Gasteiger partial charge in [0.1, 0.15) is 0 Å². The normalized spacial score (nSPS) is 35.8. The smallest absolute Gasteiger partial charge is 0.0837 e. The first kappa shape index (κ1) is 13.4. The van der Waals surface area contributed by atoms with Crippen LogP contribution in [0.3, 0.4) is 0 Å². The molecular formula is C15H29NO. The van der Waals surface area contributed by atoms with Crippen LogP contribution in [0.15, 0.2) is 0 Å². The summed E-state index contributed by atoms with van der Waals surface area (Å²) in [4.78, 5) is 0. The van der Waals surface area contributed by atoms with Gasteiger partial charge in [-0.15, -0.1) is 0 Å². The minimum Gasteiger partial charge on any atom is -0.374 e. The molecule has 1 atom stereocenters. The second kappa shape index (κ2) is 5.71. The van der Waals surface area contributed by atoms with Crippen molar-refractivity contribution in [1.29, 1.82) is 0 Å². The Hall–Kier alpha value is -0.0800. The summed E-state index contributed by atoms with van der Waals surface area (Å²) in [5, 5.41) is 3.73. The Morgan fingerprint density at radius 2 is 1.82 bits per heavy atom. The van der Waals surface area contributed by atoms with Gasteiger partial charge in [0.2, 0.25) is 0 Å². The lowest BCUT2D eigenvalue weighted by Crippen LogP contribution is -2.55. The highest BCUT2D eigenvalue weighted by atomic mass is 16.5. The summed E-state index contributed by atoms with van der Waals surface area (Å²) in [6, 6.07) is 0.611. The van der Waals surface area contributed by atoms with Gasteiger partial charge in [-0.05, 0) is 63.8 Å². The van der Waals surface area contributed by atoms with Gasteiger partial charge in [0.15, 0.2) is 0 Å². The molecule has 0 aliphatic heterocycles. The second-order valence-corrected chi connectivity index (χ2v) is 6.05. The molecule has 2 aliphatic carbocycles. The fourth-order valence-corrected chi connectivity index (χ4v) is 3.52. The van der Waals surface area contributed by atoms with Gasteiger partial charge in [-0.3, -0.25) is 0 Å². The van der Waals surface area contributed by atoms with Crippen LogP contribution in [0.4, 0.5) is 0 Å². The lowest BCUT2D eigenvalue weighted by molar-refractivity contribution is -0.100. The zero-order valence-electron chi connectivity index (χ0n) is 11.8. The summed E-state index contributed by atoms with van der Waals surface area (Å²) in [5.41, 5.74) is 0.151. The molecule has 2 aliphatic rings. The molecule has 0 aromatic carbocycles. The molecule has 2 nitrogen and oxygen atoms in total. The van der Waals surface area contributed by atoms with E-state index >= 15 is 0 Å². The summed E-state index contributed by atoms with van der Waals surface area (Å²) in [7, 11) is 0. The number of nitrogens with one attached hydrogen (secondary N) is 1. The molecule has 0 aromatic heterocycles. The Morgan fingerprint density at radius 1 is 1.18 bits per heavy atom. The monoisotopic (exact) mass is 239 g/mol. The number of ether oxygens (including phenoxy) is 1. The maximum atomic E-state index is 6.27. The van der Waals surface area contributed by atoms with Crippen molar-refractivity contribution in [2.75, 3.05) is 13.2 Å². The summed E-state index contributed by atoms with van der Waals surface area (Å²) in [6.07, 6.45) is 8.01. The number of rotatable bonds is 6. The van der Waals surface area contributed by atoms with E-state index in [-0.39, 0.29) is 5.60 Å². The molecule has 1 unspecified atom stereocenters. The van der Waals surface area contributed by atoms with Crippen molar-refractivity contribution in [3.05, 3.63) is 0 Å². The van der Waals surface area contributed by atoms with Crippen LogP contribution < -0.4 is 5.32 Å². The summed E-state index contributed by atoms with van der Waals surface area (Å²) < 4.78 is 6.27. The molecular weight excluding hydrogens is 210 g/mol. The molecule has 2 heteroatoms. The highest BCUT2D eigenvalue weighted by molar-refractivity contribution is 5.03. The highest BCUT2D eigenvalue weighted by Crippen LogP contribution is 2.45. The van der Waals surface area contributed by atoms with E-state index in [0.29, 0.717) is 6.04 Å². The Kier molecular flexibility index (Phi) is 4.48. The zero-order valence-corrected chi connectivity index (χ0v) is 11.8. The zero-order chi connectivity index (χ0) is 12.3. The minimum absolute atomic E-state index is 0.151. The van der Waals surface area contributed by atoms with E-state index in [2.05, 4.69) is 26.1 Å². The van der Waals surface area contributed by atoms with Crippen LogP contribution in [0.1, 0.15) is 59.3 Å². The van der Waals surface area contributed by atoms with Gasteiger partial charge in [-0.25, -0.2) is 0 Å². The first-order chi connectivity index (χ1) is 8.22. The van der Waals surface area contributed by atoms with Crippen LogP contribution in [0.5, 0.6) is 0 Å².